The van der Waals surface area contributed by atoms with Gasteiger partial charge in [0.2, 0.25) is 0 Å². The molecule has 0 radical (unpaired) electrons. The Balaban J connectivity index is 1.91. The number of rotatable bonds is 2. The lowest BCUT2D eigenvalue weighted by atomic mass is 9.45. The number of aliphatic hydroxyl groups excluding tert-OH is 1. The van der Waals surface area contributed by atoms with E-state index in [1.807, 2.05) is 0 Å². The van der Waals surface area contributed by atoms with Gasteiger partial charge in [0.15, 0.2) is 0 Å². The Kier molecular flexibility index (Phi) is 4.01. The molecular formula is C20H34O. The zero-order valence-electron chi connectivity index (χ0n) is 14.5. The van der Waals surface area contributed by atoms with E-state index in [0.29, 0.717) is 12.0 Å². The largest absolute Gasteiger partial charge is 0.396 e. The van der Waals surface area contributed by atoms with Gasteiger partial charge in [-0.2, -0.15) is 0 Å². The van der Waals surface area contributed by atoms with E-state index in [1.54, 1.807) is 5.57 Å². The van der Waals surface area contributed by atoms with Gasteiger partial charge in [-0.1, -0.05) is 45.8 Å². The van der Waals surface area contributed by atoms with Gasteiger partial charge in [-0.25, -0.2) is 0 Å². The van der Waals surface area contributed by atoms with Crippen molar-refractivity contribution in [3.8, 4) is 0 Å². The minimum absolute atomic E-state index is 0.174. The first kappa shape index (κ1) is 15.6. The monoisotopic (exact) mass is 290 g/mol. The van der Waals surface area contributed by atoms with Crippen LogP contribution in [0.1, 0.15) is 72.6 Å². The first-order chi connectivity index (χ1) is 9.90. The molecule has 0 saturated heterocycles. The fraction of sp³-hybridized carbons (Fsp3) is 0.900. The van der Waals surface area contributed by atoms with Crippen LogP contribution < -0.4 is 0 Å². The van der Waals surface area contributed by atoms with Gasteiger partial charge in [0.05, 0.1) is 0 Å². The summed E-state index contributed by atoms with van der Waals surface area (Å²) < 4.78 is 0. The SMILES string of the molecule is CC(C)C1C=C2CCC3[C@@](C)(CO)CCC[C@]3(C)[C@@H]2CC1. The third kappa shape index (κ3) is 2.40. The first-order valence-electron chi connectivity index (χ1n) is 9.22. The molecule has 0 aromatic carbocycles. The highest BCUT2D eigenvalue weighted by Gasteiger charge is 2.54. The van der Waals surface area contributed by atoms with Crippen molar-refractivity contribution >= 4 is 0 Å². The third-order valence-corrected chi connectivity index (χ3v) is 7.50. The van der Waals surface area contributed by atoms with Gasteiger partial charge in [-0.3, -0.25) is 0 Å². The summed E-state index contributed by atoms with van der Waals surface area (Å²) in [5.41, 5.74) is 2.40. The molecule has 2 saturated carbocycles. The van der Waals surface area contributed by atoms with Gasteiger partial charge in [0, 0.05) is 6.61 Å². The average molecular weight is 290 g/mol. The maximum Gasteiger partial charge on any atom is 0.0487 e. The third-order valence-electron chi connectivity index (χ3n) is 7.50. The predicted octanol–water partition coefficient (Wildman–Crippen LogP) is 5.19. The normalized spacial score (nSPS) is 46.8. The molecule has 3 aliphatic rings. The zero-order valence-corrected chi connectivity index (χ0v) is 14.5. The summed E-state index contributed by atoms with van der Waals surface area (Å²) in [7, 11) is 0. The van der Waals surface area contributed by atoms with Crippen molar-refractivity contribution in [3.05, 3.63) is 11.6 Å². The van der Waals surface area contributed by atoms with E-state index in [2.05, 4.69) is 33.8 Å². The molecule has 0 aromatic heterocycles. The number of allylic oxidation sites excluding steroid dienone is 2. The second-order valence-electron chi connectivity index (χ2n) is 9.04. The summed E-state index contributed by atoms with van der Waals surface area (Å²) in [4.78, 5) is 0. The van der Waals surface area contributed by atoms with E-state index >= 15 is 0 Å². The van der Waals surface area contributed by atoms with Crippen LogP contribution in [0.3, 0.4) is 0 Å². The van der Waals surface area contributed by atoms with E-state index in [-0.39, 0.29) is 5.41 Å². The van der Waals surface area contributed by atoms with Crippen LogP contribution in [0.15, 0.2) is 11.6 Å². The highest BCUT2D eigenvalue weighted by atomic mass is 16.3. The number of hydrogen-bond acceptors (Lipinski definition) is 1. The highest BCUT2D eigenvalue weighted by Crippen LogP contribution is 2.63. The fourth-order valence-corrected chi connectivity index (χ4v) is 6.17. The first-order valence-corrected chi connectivity index (χ1v) is 9.22. The fourth-order valence-electron chi connectivity index (χ4n) is 6.17. The van der Waals surface area contributed by atoms with Crippen LogP contribution >= 0.6 is 0 Å². The van der Waals surface area contributed by atoms with E-state index in [0.717, 1.165) is 23.7 Å². The van der Waals surface area contributed by atoms with Crippen LogP contribution in [0.25, 0.3) is 0 Å². The van der Waals surface area contributed by atoms with Gasteiger partial charge in [0.25, 0.3) is 0 Å². The van der Waals surface area contributed by atoms with Crippen LogP contribution in [0.2, 0.25) is 0 Å². The molecule has 0 amide bonds. The van der Waals surface area contributed by atoms with Gasteiger partial charge in [-0.15, -0.1) is 0 Å². The molecule has 2 unspecified atom stereocenters. The molecule has 0 spiro atoms. The molecule has 1 nitrogen and oxygen atoms in total. The smallest absolute Gasteiger partial charge is 0.0487 e. The van der Waals surface area contributed by atoms with Crippen molar-refractivity contribution < 1.29 is 5.11 Å². The molecular weight excluding hydrogens is 256 g/mol. The van der Waals surface area contributed by atoms with E-state index in [9.17, 15) is 5.11 Å². The lowest BCUT2D eigenvalue weighted by molar-refractivity contribution is -0.0888. The van der Waals surface area contributed by atoms with Gasteiger partial charge >= 0.3 is 0 Å². The summed E-state index contributed by atoms with van der Waals surface area (Å²) >= 11 is 0. The topological polar surface area (TPSA) is 20.2 Å². The van der Waals surface area contributed by atoms with Crippen molar-refractivity contribution in [1.82, 2.24) is 0 Å². The summed E-state index contributed by atoms with van der Waals surface area (Å²) in [5.74, 6) is 3.13. The second kappa shape index (κ2) is 5.41. The molecule has 0 heterocycles. The molecule has 0 aromatic rings. The van der Waals surface area contributed by atoms with Crippen LogP contribution in [0, 0.1) is 34.5 Å². The van der Waals surface area contributed by atoms with E-state index in [4.69, 9.17) is 0 Å². The molecule has 3 rings (SSSR count). The molecule has 5 atom stereocenters. The molecule has 21 heavy (non-hydrogen) atoms. The van der Waals surface area contributed by atoms with Crippen molar-refractivity contribution in [1.29, 1.82) is 0 Å². The summed E-state index contributed by atoms with van der Waals surface area (Å²) in [6.45, 7) is 10.0. The number of fused-ring (bicyclic) bond motifs is 3. The quantitative estimate of drug-likeness (QED) is 0.694. The van der Waals surface area contributed by atoms with E-state index < -0.39 is 0 Å². The Morgan fingerprint density at radius 2 is 1.95 bits per heavy atom. The lowest BCUT2D eigenvalue weighted by Gasteiger charge is -2.59. The molecule has 3 aliphatic carbocycles. The van der Waals surface area contributed by atoms with Crippen molar-refractivity contribution in [2.75, 3.05) is 6.61 Å². The summed E-state index contributed by atoms with van der Waals surface area (Å²) in [6.07, 6.45) is 11.9. The Labute approximate surface area is 131 Å². The van der Waals surface area contributed by atoms with Crippen molar-refractivity contribution in [3.63, 3.8) is 0 Å². The predicted molar refractivity (Wildman–Crippen MR) is 89.0 cm³/mol. The maximum absolute atomic E-state index is 10.00. The van der Waals surface area contributed by atoms with E-state index in [1.165, 1.54) is 44.9 Å². The van der Waals surface area contributed by atoms with Gasteiger partial charge in [0.1, 0.15) is 0 Å². The Hall–Kier alpha value is -0.300. The molecule has 2 fully saturated rings. The highest BCUT2D eigenvalue weighted by molar-refractivity contribution is 5.22. The standard InChI is InChI=1S/C20H34O/c1-14(2)15-6-8-17-16(12-15)7-9-18-19(3,13-21)10-5-11-20(17,18)4/h12,14-15,17-18,21H,5-11,13H2,1-4H3/t15?,17-,18?,19-,20-/m1/s1. The molecule has 1 N–H and O–H groups in total. The minimum Gasteiger partial charge on any atom is -0.396 e. The average Bonchev–Trinajstić information content (AvgIpc) is 2.46. The maximum atomic E-state index is 10.00. The number of aliphatic hydroxyl groups is 1. The Bertz CT molecular complexity index is 424. The van der Waals surface area contributed by atoms with Crippen LogP contribution in [-0.2, 0) is 0 Å². The van der Waals surface area contributed by atoms with Crippen molar-refractivity contribution in [2.45, 2.75) is 72.6 Å². The van der Waals surface area contributed by atoms with Crippen LogP contribution in [0.5, 0.6) is 0 Å². The van der Waals surface area contributed by atoms with Crippen LogP contribution in [0.4, 0.5) is 0 Å². The Morgan fingerprint density at radius 1 is 1.19 bits per heavy atom. The van der Waals surface area contributed by atoms with Crippen molar-refractivity contribution in [2.24, 2.45) is 34.5 Å². The lowest BCUT2D eigenvalue weighted by Crippen LogP contribution is -2.52. The Morgan fingerprint density at radius 3 is 2.62 bits per heavy atom. The minimum atomic E-state index is 0.174. The van der Waals surface area contributed by atoms with Crippen LogP contribution in [-0.4, -0.2) is 11.7 Å². The molecule has 0 bridgehead atoms. The molecule has 120 valence electrons. The summed E-state index contributed by atoms with van der Waals surface area (Å²) in [5, 5.41) is 10.00. The number of hydrogen-bond donors (Lipinski definition) is 1. The van der Waals surface area contributed by atoms with Gasteiger partial charge < -0.3 is 5.11 Å². The second-order valence-corrected chi connectivity index (χ2v) is 9.04. The van der Waals surface area contributed by atoms with Gasteiger partial charge in [-0.05, 0) is 73.0 Å². The molecule has 1 heteroatoms. The zero-order chi connectivity index (χ0) is 15.3. The summed E-state index contributed by atoms with van der Waals surface area (Å²) in [6, 6.07) is 0. The molecule has 0 aliphatic heterocycles.